The van der Waals surface area contributed by atoms with E-state index in [0.717, 1.165) is 41.8 Å². The normalized spacial score (nSPS) is 20.5. The lowest BCUT2D eigenvalue weighted by Crippen LogP contribution is -2.33. The fourth-order valence-corrected chi connectivity index (χ4v) is 5.48. The van der Waals surface area contributed by atoms with Crippen LogP contribution in [0, 0.1) is 11.3 Å². The van der Waals surface area contributed by atoms with Crippen LogP contribution in [0.15, 0.2) is 16.0 Å². The Morgan fingerprint density at radius 2 is 2.00 bits per heavy atom. The molecule has 1 aliphatic rings. The molecule has 0 amide bonds. The molecule has 0 aromatic carbocycles. The zero-order valence-corrected chi connectivity index (χ0v) is 19.0. The molecule has 0 unspecified atom stereocenters. The highest BCUT2D eigenvalue weighted by Crippen LogP contribution is 2.38. The standard InChI is InChI=1S/C21H30N2O3S2/c1-6-15-11-16-18(28-15)22-20(27-5)23(19(16)25)12-17(24)26-14-9-7-13(8-10-14)21(2,3)4/h11,13-14H,6-10,12H2,1-5H3. The summed E-state index contributed by atoms with van der Waals surface area (Å²) in [5, 5.41) is 1.16. The van der Waals surface area contributed by atoms with Crippen LogP contribution in [0.25, 0.3) is 10.2 Å². The molecule has 0 aliphatic heterocycles. The maximum atomic E-state index is 12.9. The summed E-state index contributed by atoms with van der Waals surface area (Å²) in [6.45, 7) is 8.81. The number of aromatic nitrogens is 2. The van der Waals surface area contributed by atoms with E-state index in [2.05, 4.69) is 32.7 Å². The first-order valence-corrected chi connectivity index (χ1v) is 12.0. The van der Waals surface area contributed by atoms with Gasteiger partial charge >= 0.3 is 5.97 Å². The first-order valence-electron chi connectivity index (χ1n) is 9.99. The van der Waals surface area contributed by atoms with E-state index in [1.165, 1.54) is 16.3 Å². The van der Waals surface area contributed by atoms with Crippen molar-refractivity contribution in [2.45, 2.75) is 77.6 Å². The summed E-state index contributed by atoms with van der Waals surface area (Å²) >= 11 is 2.93. The van der Waals surface area contributed by atoms with Gasteiger partial charge in [-0.25, -0.2) is 4.98 Å². The fourth-order valence-electron chi connectivity index (χ4n) is 3.92. The van der Waals surface area contributed by atoms with Crippen molar-refractivity contribution in [3.8, 4) is 0 Å². The quantitative estimate of drug-likeness (QED) is 0.390. The van der Waals surface area contributed by atoms with E-state index < -0.39 is 0 Å². The minimum atomic E-state index is -0.344. The van der Waals surface area contributed by atoms with Gasteiger partial charge in [-0.15, -0.1) is 11.3 Å². The number of hydrogen-bond acceptors (Lipinski definition) is 6. The smallest absolute Gasteiger partial charge is 0.326 e. The van der Waals surface area contributed by atoms with Crippen LogP contribution in [0.5, 0.6) is 0 Å². The Hall–Kier alpha value is -1.34. The number of esters is 1. The average Bonchev–Trinajstić information content (AvgIpc) is 3.07. The van der Waals surface area contributed by atoms with E-state index in [0.29, 0.717) is 21.9 Å². The van der Waals surface area contributed by atoms with E-state index >= 15 is 0 Å². The van der Waals surface area contributed by atoms with Crippen molar-refractivity contribution in [3.63, 3.8) is 0 Å². The van der Waals surface area contributed by atoms with Crippen molar-refractivity contribution < 1.29 is 9.53 Å². The Morgan fingerprint density at radius 3 is 2.57 bits per heavy atom. The van der Waals surface area contributed by atoms with E-state index in [4.69, 9.17) is 4.74 Å². The molecule has 2 heterocycles. The molecule has 0 bridgehead atoms. The second kappa shape index (κ2) is 8.57. The first kappa shape index (κ1) is 21.4. The van der Waals surface area contributed by atoms with Crippen LogP contribution in [-0.4, -0.2) is 27.9 Å². The summed E-state index contributed by atoms with van der Waals surface area (Å²) in [5.41, 5.74) is 0.146. The van der Waals surface area contributed by atoms with Gasteiger partial charge < -0.3 is 4.74 Å². The van der Waals surface area contributed by atoms with Crippen molar-refractivity contribution in [1.82, 2.24) is 9.55 Å². The van der Waals surface area contributed by atoms with Gasteiger partial charge in [-0.1, -0.05) is 39.5 Å². The zero-order valence-electron chi connectivity index (χ0n) is 17.4. The number of thiophene rings is 1. The Morgan fingerprint density at radius 1 is 1.32 bits per heavy atom. The van der Waals surface area contributed by atoms with Crippen molar-refractivity contribution in [1.29, 1.82) is 0 Å². The van der Waals surface area contributed by atoms with Crippen LogP contribution in [-0.2, 0) is 22.5 Å². The number of ether oxygens (including phenoxy) is 1. The molecule has 0 spiro atoms. The van der Waals surface area contributed by atoms with Gasteiger partial charge in [0.15, 0.2) is 5.16 Å². The van der Waals surface area contributed by atoms with Gasteiger partial charge in [0.1, 0.15) is 17.5 Å². The molecule has 0 radical (unpaired) electrons. The Kier molecular flexibility index (Phi) is 6.54. The molecule has 2 aromatic heterocycles. The second-order valence-electron chi connectivity index (χ2n) is 8.60. The fraction of sp³-hybridized carbons (Fsp3) is 0.667. The van der Waals surface area contributed by atoms with Crippen LogP contribution in [0.1, 0.15) is 58.3 Å². The topological polar surface area (TPSA) is 61.2 Å². The molecule has 154 valence electrons. The average molecular weight is 423 g/mol. The van der Waals surface area contributed by atoms with Gasteiger partial charge in [0.05, 0.1) is 5.39 Å². The molecule has 7 heteroatoms. The lowest BCUT2D eigenvalue weighted by atomic mass is 9.72. The van der Waals surface area contributed by atoms with Gasteiger partial charge in [-0.2, -0.15) is 0 Å². The van der Waals surface area contributed by atoms with Crippen molar-refractivity contribution >= 4 is 39.3 Å². The largest absolute Gasteiger partial charge is 0.461 e. The van der Waals surface area contributed by atoms with Gasteiger partial charge in [-0.05, 0) is 55.8 Å². The minimum Gasteiger partial charge on any atom is -0.461 e. The Bertz CT molecular complexity index is 903. The molecule has 3 rings (SSSR count). The van der Waals surface area contributed by atoms with Crippen molar-refractivity contribution in [2.24, 2.45) is 11.3 Å². The summed E-state index contributed by atoms with van der Waals surface area (Å²) < 4.78 is 7.18. The molecule has 2 aromatic rings. The predicted octanol–water partition coefficient (Wildman–Crippen LogP) is 4.89. The van der Waals surface area contributed by atoms with Crippen LogP contribution < -0.4 is 5.56 Å². The monoisotopic (exact) mass is 422 g/mol. The Labute approximate surface area is 174 Å². The third-order valence-corrected chi connectivity index (χ3v) is 7.53. The lowest BCUT2D eigenvalue weighted by Gasteiger charge is -2.36. The minimum absolute atomic E-state index is 0.0379. The van der Waals surface area contributed by atoms with Crippen LogP contribution in [0.3, 0.4) is 0 Å². The number of hydrogen-bond donors (Lipinski definition) is 0. The molecule has 5 nitrogen and oxygen atoms in total. The van der Waals surface area contributed by atoms with E-state index in [1.54, 1.807) is 11.3 Å². The molecule has 1 aliphatic carbocycles. The molecule has 1 saturated carbocycles. The van der Waals surface area contributed by atoms with Crippen LogP contribution in [0.2, 0.25) is 0 Å². The number of carbonyl (C=O) groups is 1. The maximum Gasteiger partial charge on any atom is 0.326 e. The summed E-state index contributed by atoms with van der Waals surface area (Å²) in [7, 11) is 0. The highest BCUT2D eigenvalue weighted by Gasteiger charge is 2.31. The molecule has 28 heavy (non-hydrogen) atoms. The first-order chi connectivity index (χ1) is 13.2. The summed E-state index contributed by atoms with van der Waals surface area (Å²) in [4.78, 5) is 32.0. The number of rotatable bonds is 5. The Balaban J connectivity index is 1.71. The number of thioether (sulfide) groups is 1. The van der Waals surface area contributed by atoms with Crippen LogP contribution >= 0.6 is 23.1 Å². The van der Waals surface area contributed by atoms with E-state index in [-0.39, 0.29) is 24.2 Å². The maximum absolute atomic E-state index is 12.9. The molecular weight excluding hydrogens is 392 g/mol. The molecule has 0 saturated heterocycles. The summed E-state index contributed by atoms with van der Waals surface area (Å²) in [6.07, 6.45) is 6.67. The molecule has 0 N–H and O–H groups in total. The summed E-state index contributed by atoms with van der Waals surface area (Å²) in [6, 6.07) is 1.90. The number of fused-ring (bicyclic) bond motifs is 1. The van der Waals surface area contributed by atoms with Gasteiger partial charge in [0, 0.05) is 4.88 Å². The highest BCUT2D eigenvalue weighted by molar-refractivity contribution is 7.98. The number of carbonyl (C=O) groups excluding carboxylic acids is 1. The third kappa shape index (κ3) is 4.62. The van der Waals surface area contributed by atoms with Crippen molar-refractivity contribution in [3.05, 3.63) is 21.3 Å². The van der Waals surface area contributed by atoms with Crippen molar-refractivity contribution in [2.75, 3.05) is 6.26 Å². The highest BCUT2D eigenvalue weighted by atomic mass is 32.2. The number of aryl methyl sites for hydroxylation is 1. The molecule has 1 fully saturated rings. The predicted molar refractivity (Wildman–Crippen MR) is 116 cm³/mol. The lowest BCUT2D eigenvalue weighted by molar-refractivity contribution is -0.152. The van der Waals surface area contributed by atoms with Gasteiger partial charge in [-0.3, -0.25) is 14.2 Å². The molecular formula is C21H30N2O3S2. The third-order valence-electron chi connectivity index (χ3n) is 5.68. The van der Waals surface area contributed by atoms with Gasteiger partial charge in [0.2, 0.25) is 0 Å². The van der Waals surface area contributed by atoms with Gasteiger partial charge in [0.25, 0.3) is 5.56 Å². The van der Waals surface area contributed by atoms with Crippen LogP contribution in [0.4, 0.5) is 0 Å². The summed E-state index contributed by atoms with van der Waals surface area (Å²) in [5.74, 6) is 0.329. The molecule has 0 atom stereocenters. The number of nitrogens with zero attached hydrogens (tertiary/aromatic N) is 2. The van der Waals surface area contributed by atoms with E-state index in [9.17, 15) is 9.59 Å². The van der Waals surface area contributed by atoms with E-state index in [1.807, 2.05) is 12.3 Å². The second-order valence-corrected chi connectivity index (χ2v) is 10.5. The zero-order chi connectivity index (χ0) is 20.5. The SMILES string of the molecule is CCc1cc2c(=O)n(CC(=O)OC3CCC(C(C)(C)C)CC3)c(SC)nc2s1.